The van der Waals surface area contributed by atoms with Crippen LogP contribution in [0.15, 0.2) is 17.2 Å². The molecular weight excluding hydrogens is 336 g/mol. The Kier molecular flexibility index (Phi) is 5.69. The van der Waals surface area contributed by atoms with Crippen molar-refractivity contribution in [2.75, 3.05) is 12.0 Å². The van der Waals surface area contributed by atoms with Gasteiger partial charge in [-0.25, -0.2) is 9.18 Å². The van der Waals surface area contributed by atoms with Crippen LogP contribution in [-0.2, 0) is 9.59 Å². The van der Waals surface area contributed by atoms with Crippen molar-refractivity contribution in [3.05, 3.63) is 23.0 Å². The highest BCUT2D eigenvalue weighted by Crippen LogP contribution is 2.30. The summed E-state index contributed by atoms with van der Waals surface area (Å²) in [6, 6.07) is 1.62. The SMILES string of the molecule is O=C(O)COc1cc(NN=CC(=O)C(F)(F)F)c(F)cc1Cl. The zero-order valence-electron chi connectivity index (χ0n) is 10.4. The summed E-state index contributed by atoms with van der Waals surface area (Å²) in [5.74, 6) is -4.78. The Morgan fingerprint density at radius 2 is 2.05 bits per heavy atom. The number of carboxylic acids is 1. The topological polar surface area (TPSA) is 88.0 Å². The molecule has 0 fully saturated rings. The van der Waals surface area contributed by atoms with Gasteiger partial charge in [0.25, 0.3) is 5.78 Å². The number of nitrogens with one attached hydrogen (secondary N) is 1. The molecule has 6 nitrogen and oxygen atoms in total. The van der Waals surface area contributed by atoms with E-state index in [1.807, 2.05) is 5.43 Å². The number of rotatable bonds is 6. The molecule has 0 radical (unpaired) electrons. The molecule has 0 unspecified atom stereocenters. The first kappa shape index (κ1) is 17.7. The summed E-state index contributed by atoms with van der Waals surface area (Å²) in [7, 11) is 0. The number of halogens is 5. The predicted octanol–water partition coefficient (Wildman–Crippen LogP) is 2.47. The number of carboxylic acid groups (broad SMARTS) is 1. The van der Waals surface area contributed by atoms with E-state index in [2.05, 4.69) is 5.10 Å². The van der Waals surface area contributed by atoms with Crippen LogP contribution in [-0.4, -0.2) is 35.9 Å². The third-order valence-corrected chi connectivity index (χ3v) is 2.31. The normalized spacial score (nSPS) is 11.5. The van der Waals surface area contributed by atoms with E-state index in [1.165, 1.54) is 0 Å². The smallest absolute Gasteiger partial charge is 0.455 e. The Hall–Kier alpha value is -2.36. The second-order valence-corrected chi connectivity index (χ2v) is 4.08. The van der Waals surface area contributed by atoms with Gasteiger partial charge in [-0.3, -0.25) is 10.2 Å². The molecule has 0 saturated carbocycles. The monoisotopic (exact) mass is 342 g/mol. The number of alkyl halides is 3. The maximum atomic E-state index is 13.5. The number of ketones is 1. The predicted molar refractivity (Wildman–Crippen MR) is 67.7 cm³/mol. The summed E-state index contributed by atoms with van der Waals surface area (Å²) in [4.78, 5) is 20.9. The third kappa shape index (κ3) is 5.20. The molecule has 1 aromatic carbocycles. The summed E-state index contributed by atoms with van der Waals surface area (Å²) in [6.07, 6.45) is -5.18. The van der Waals surface area contributed by atoms with Gasteiger partial charge in [0.05, 0.1) is 16.9 Å². The highest BCUT2D eigenvalue weighted by molar-refractivity contribution is 6.32. The van der Waals surface area contributed by atoms with Gasteiger partial charge >= 0.3 is 12.1 Å². The van der Waals surface area contributed by atoms with Crippen molar-refractivity contribution >= 4 is 35.3 Å². The van der Waals surface area contributed by atoms with Crippen molar-refractivity contribution < 1.29 is 37.0 Å². The second-order valence-electron chi connectivity index (χ2n) is 3.68. The number of Topliss-reactive ketones (excluding diaryl/α,β-unsaturated/α-hetero) is 1. The zero-order valence-corrected chi connectivity index (χ0v) is 11.2. The molecule has 11 heteroatoms. The summed E-state index contributed by atoms with van der Waals surface area (Å²) < 4.78 is 54.0. The molecule has 0 spiro atoms. The molecule has 0 heterocycles. The minimum atomic E-state index is -5.10. The molecule has 0 aliphatic rings. The summed E-state index contributed by atoms with van der Waals surface area (Å²) in [6.45, 7) is -0.763. The Balaban J connectivity index is 2.86. The molecule has 0 amide bonds. The van der Waals surface area contributed by atoms with Gasteiger partial charge in [0.1, 0.15) is 11.6 Å². The summed E-state index contributed by atoms with van der Waals surface area (Å²) in [5.41, 5.74) is 1.40. The molecule has 2 N–H and O–H groups in total. The van der Waals surface area contributed by atoms with Crippen molar-refractivity contribution in [2.45, 2.75) is 6.18 Å². The Bertz CT molecular complexity index is 619. The molecule has 22 heavy (non-hydrogen) atoms. The van der Waals surface area contributed by atoms with Crippen molar-refractivity contribution in [2.24, 2.45) is 5.10 Å². The quantitative estimate of drug-likeness (QED) is 0.471. The highest BCUT2D eigenvalue weighted by Gasteiger charge is 2.36. The number of benzene rings is 1. The van der Waals surface area contributed by atoms with Crippen LogP contribution in [0.4, 0.5) is 23.2 Å². The number of carbonyl (C=O) groups excluding carboxylic acids is 1. The fraction of sp³-hybridized carbons (Fsp3) is 0.182. The van der Waals surface area contributed by atoms with Gasteiger partial charge in [0, 0.05) is 6.07 Å². The van der Waals surface area contributed by atoms with Gasteiger partial charge in [-0.05, 0) is 6.07 Å². The van der Waals surface area contributed by atoms with E-state index in [4.69, 9.17) is 21.4 Å². The first-order chi connectivity index (χ1) is 10.1. The number of aliphatic carboxylic acids is 1. The number of hydrogen-bond acceptors (Lipinski definition) is 5. The molecule has 120 valence electrons. The Morgan fingerprint density at radius 3 is 2.59 bits per heavy atom. The van der Waals surface area contributed by atoms with E-state index in [9.17, 15) is 27.2 Å². The van der Waals surface area contributed by atoms with Gasteiger partial charge < -0.3 is 9.84 Å². The minimum absolute atomic E-state index is 0.0776. The van der Waals surface area contributed by atoms with Gasteiger partial charge in [-0.15, -0.1) is 0 Å². The Labute approximate surface area is 125 Å². The average molecular weight is 343 g/mol. The highest BCUT2D eigenvalue weighted by atomic mass is 35.5. The van der Waals surface area contributed by atoms with Gasteiger partial charge in [0.2, 0.25) is 0 Å². The number of ether oxygens (including phenoxy) is 1. The molecule has 0 bridgehead atoms. The lowest BCUT2D eigenvalue weighted by Gasteiger charge is -2.09. The summed E-state index contributed by atoms with van der Waals surface area (Å²) in [5, 5.41) is 11.1. The first-order valence-electron chi connectivity index (χ1n) is 5.35. The van der Waals surface area contributed by atoms with E-state index in [0.717, 1.165) is 12.1 Å². The lowest BCUT2D eigenvalue weighted by Crippen LogP contribution is -2.24. The van der Waals surface area contributed by atoms with Crippen molar-refractivity contribution in [1.82, 2.24) is 0 Å². The van der Waals surface area contributed by atoms with E-state index >= 15 is 0 Å². The molecule has 0 atom stereocenters. The molecule has 0 aromatic heterocycles. The second kappa shape index (κ2) is 7.07. The molecule has 1 rings (SSSR count). The van der Waals surface area contributed by atoms with Crippen LogP contribution in [0.1, 0.15) is 0 Å². The number of nitrogens with zero attached hydrogens (tertiary/aromatic N) is 1. The van der Waals surface area contributed by atoms with Crippen LogP contribution < -0.4 is 10.2 Å². The van der Waals surface area contributed by atoms with E-state index < -0.39 is 36.0 Å². The molecule has 1 aromatic rings. The van der Waals surface area contributed by atoms with Crippen LogP contribution in [0.3, 0.4) is 0 Å². The summed E-state index contributed by atoms with van der Waals surface area (Å²) >= 11 is 5.60. The van der Waals surface area contributed by atoms with Crippen LogP contribution in [0.5, 0.6) is 5.75 Å². The molecule has 0 saturated heterocycles. The number of anilines is 1. The zero-order chi connectivity index (χ0) is 16.9. The average Bonchev–Trinajstić information content (AvgIpc) is 2.38. The number of carbonyl (C=O) groups is 2. The number of hydrazone groups is 1. The van der Waals surface area contributed by atoms with E-state index in [1.54, 1.807) is 0 Å². The number of hydrogen-bond donors (Lipinski definition) is 2. The third-order valence-electron chi connectivity index (χ3n) is 2.02. The van der Waals surface area contributed by atoms with Gasteiger partial charge in [0.15, 0.2) is 6.61 Å². The van der Waals surface area contributed by atoms with Crippen LogP contribution in [0, 0.1) is 5.82 Å². The molecule has 0 aliphatic heterocycles. The fourth-order valence-electron chi connectivity index (χ4n) is 1.10. The maximum absolute atomic E-state index is 13.5. The molecule has 0 aliphatic carbocycles. The lowest BCUT2D eigenvalue weighted by atomic mass is 10.3. The van der Waals surface area contributed by atoms with Gasteiger partial charge in [-0.2, -0.15) is 18.3 Å². The first-order valence-corrected chi connectivity index (χ1v) is 5.73. The molecular formula is C11H7ClF4N2O4. The van der Waals surface area contributed by atoms with Crippen LogP contribution >= 0.6 is 11.6 Å². The van der Waals surface area contributed by atoms with E-state index in [0.29, 0.717) is 0 Å². The van der Waals surface area contributed by atoms with Crippen molar-refractivity contribution in [3.8, 4) is 5.75 Å². The van der Waals surface area contributed by atoms with Crippen molar-refractivity contribution in [1.29, 1.82) is 0 Å². The van der Waals surface area contributed by atoms with Gasteiger partial charge in [-0.1, -0.05) is 11.6 Å². The largest absolute Gasteiger partial charge is 0.480 e. The maximum Gasteiger partial charge on any atom is 0.455 e. The van der Waals surface area contributed by atoms with E-state index in [-0.39, 0.29) is 17.0 Å². The lowest BCUT2D eigenvalue weighted by molar-refractivity contribution is -0.162. The van der Waals surface area contributed by atoms with Crippen LogP contribution in [0.2, 0.25) is 5.02 Å². The van der Waals surface area contributed by atoms with Crippen LogP contribution in [0.25, 0.3) is 0 Å². The fourth-order valence-corrected chi connectivity index (χ4v) is 1.30. The van der Waals surface area contributed by atoms with Crippen molar-refractivity contribution in [3.63, 3.8) is 0 Å². The minimum Gasteiger partial charge on any atom is -0.480 e. The standard InChI is InChI=1S/C11H7ClF4N2O4/c12-5-1-6(13)7(2-8(5)22-4-10(20)21)18-17-3-9(19)11(14,15)16/h1-3,18H,4H2,(H,20,21). The Morgan fingerprint density at radius 1 is 1.41 bits per heavy atom.